The van der Waals surface area contributed by atoms with Gasteiger partial charge in [-0.3, -0.25) is 4.79 Å². The van der Waals surface area contributed by atoms with E-state index in [1.165, 1.54) is 24.2 Å². The summed E-state index contributed by atoms with van der Waals surface area (Å²) in [5.74, 6) is 0.638. The molecule has 0 unspecified atom stereocenters. The molecule has 0 radical (unpaired) electrons. The molecule has 5 heteroatoms. The molecule has 0 aliphatic rings. The number of hydrogen-bond acceptors (Lipinski definition) is 2. The van der Waals surface area contributed by atoms with Gasteiger partial charge in [0.15, 0.2) is 0 Å². The van der Waals surface area contributed by atoms with Crippen LogP contribution in [0.2, 0.25) is 0 Å². The number of benzene rings is 1. The van der Waals surface area contributed by atoms with Crippen LogP contribution < -0.4 is 5.32 Å². The average Bonchev–Trinajstić information content (AvgIpc) is 2.25. The lowest BCUT2D eigenvalue weighted by Crippen LogP contribution is -2.35. The number of carbonyl (C=O) groups excluding carboxylic acids is 1. The van der Waals surface area contributed by atoms with E-state index in [1.807, 2.05) is 30.3 Å². The second kappa shape index (κ2) is 7.05. The van der Waals surface area contributed by atoms with Crippen LogP contribution in [-0.2, 0) is 10.5 Å². The molecular formula is C11H13Cl2NOS. The molecule has 0 spiro atoms. The van der Waals surface area contributed by atoms with Crippen molar-refractivity contribution in [2.75, 3.05) is 0 Å². The molecule has 1 amide bonds. The zero-order valence-corrected chi connectivity index (χ0v) is 11.1. The Balaban J connectivity index is 2.47. The predicted octanol–water partition coefficient (Wildman–Crippen LogP) is 3.19. The highest BCUT2D eigenvalue weighted by molar-refractivity contribution is 7.99. The highest BCUT2D eigenvalue weighted by Crippen LogP contribution is 2.23. The van der Waals surface area contributed by atoms with Crippen molar-refractivity contribution in [1.29, 1.82) is 0 Å². The van der Waals surface area contributed by atoms with Crippen LogP contribution in [0.3, 0.4) is 0 Å². The number of halogens is 2. The van der Waals surface area contributed by atoms with Gasteiger partial charge in [0.1, 0.15) is 10.2 Å². The number of carbonyl (C=O) groups is 1. The maximum atomic E-state index is 10.9. The van der Waals surface area contributed by atoms with Gasteiger partial charge in [-0.1, -0.05) is 30.3 Å². The molecule has 2 nitrogen and oxygen atoms in total. The minimum Gasteiger partial charge on any atom is -0.342 e. The van der Waals surface area contributed by atoms with Crippen LogP contribution in [0, 0.1) is 0 Å². The fourth-order valence-corrected chi connectivity index (χ4v) is 2.66. The monoisotopic (exact) mass is 277 g/mol. The third kappa shape index (κ3) is 5.10. The van der Waals surface area contributed by atoms with Gasteiger partial charge in [-0.2, -0.15) is 0 Å². The Bertz CT molecular complexity index is 332. The Kier molecular flexibility index (Phi) is 6.03. The summed E-state index contributed by atoms with van der Waals surface area (Å²) in [7, 11) is 0. The topological polar surface area (TPSA) is 29.1 Å². The van der Waals surface area contributed by atoms with Crippen molar-refractivity contribution in [3.63, 3.8) is 0 Å². The zero-order chi connectivity index (χ0) is 12.0. The Hall–Kier alpha value is -0.380. The fourth-order valence-electron chi connectivity index (χ4n) is 1.14. The first-order valence-corrected chi connectivity index (χ1v) is 6.72. The molecule has 0 aliphatic heterocycles. The van der Waals surface area contributed by atoms with Crippen LogP contribution in [0.4, 0.5) is 0 Å². The van der Waals surface area contributed by atoms with Crippen molar-refractivity contribution >= 4 is 40.9 Å². The first-order chi connectivity index (χ1) is 7.59. The number of amides is 1. The van der Waals surface area contributed by atoms with Crippen LogP contribution in [0.15, 0.2) is 30.3 Å². The zero-order valence-electron chi connectivity index (χ0n) is 8.82. The lowest BCUT2D eigenvalue weighted by molar-refractivity contribution is -0.119. The van der Waals surface area contributed by atoms with E-state index in [2.05, 4.69) is 5.32 Å². The molecule has 1 aromatic carbocycles. The first kappa shape index (κ1) is 13.7. The van der Waals surface area contributed by atoms with Crippen molar-refractivity contribution in [2.24, 2.45) is 0 Å². The van der Waals surface area contributed by atoms with E-state index in [0.29, 0.717) is 0 Å². The number of nitrogens with one attached hydrogen (secondary N) is 1. The van der Waals surface area contributed by atoms with Crippen molar-refractivity contribution in [3.8, 4) is 0 Å². The minimum absolute atomic E-state index is 0.128. The molecule has 0 aromatic heterocycles. The molecule has 1 N–H and O–H groups in total. The molecular weight excluding hydrogens is 265 g/mol. The van der Waals surface area contributed by atoms with E-state index in [1.54, 1.807) is 0 Å². The molecule has 0 heterocycles. The summed E-state index contributed by atoms with van der Waals surface area (Å²) in [6, 6.07) is 9.96. The van der Waals surface area contributed by atoms with E-state index in [9.17, 15) is 4.79 Å². The number of rotatable bonds is 5. The van der Waals surface area contributed by atoms with Gasteiger partial charge in [0, 0.05) is 12.7 Å². The van der Waals surface area contributed by atoms with E-state index < -0.39 is 4.84 Å². The van der Waals surface area contributed by atoms with Crippen LogP contribution in [0.1, 0.15) is 12.5 Å². The third-order valence-corrected chi connectivity index (χ3v) is 3.90. The summed E-state index contributed by atoms with van der Waals surface area (Å²) in [5, 5.41) is 2.43. The van der Waals surface area contributed by atoms with Crippen LogP contribution in [0.5, 0.6) is 0 Å². The van der Waals surface area contributed by atoms with Crippen molar-refractivity contribution < 1.29 is 4.79 Å². The summed E-state index contributed by atoms with van der Waals surface area (Å²) in [5.41, 5.74) is 1.18. The summed E-state index contributed by atoms with van der Waals surface area (Å²) < 4.78 is 0. The van der Waals surface area contributed by atoms with Crippen molar-refractivity contribution in [2.45, 2.75) is 22.9 Å². The molecule has 1 aromatic rings. The summed E-state index contributed by atoms with van der Waals surface area (Å²) in [6.07, 6.45) is 0. The van der Waals surface area contributed by atoms with Gasteiger partial charge in [-0.05, 0) is 5.56 Å². The van der Waals surface area contributed by atoms with E-state index >= 15 is 0 Å². The highest BCUT2D eigenvalue weighted by Gasteiger charge is 2.18. The Morgan fingerprint density at radius 1 is 1.38 bits per heavy atom. The molecule has 0 fully saturated rings. The summed E-state index contributed by atoms with van der Waals surface area (Å²) >= 11 is 13.1. The second-order valence-corrected chi connectivity index (χ2v) is 5.55. The van der Waals surface area contributed by atoms with E-state index in [0.717, 1.165) is 5.75 Å². The normalized spacial score (nSPS) is 12.5. The minimum atomic E-state index is -0.613. The molecule has 1 atom stereocenters. The molecule has 0 saturated carbocycles. The van der Waals surface area contributed by atoms with Gasteiger partial charge < -0.3 is 5.32 Å². The SMILES string of the molecule is CC(=O)N[C@H](SCc1ccccc1)C(Cl)Cl. The molecule has 0 bridgehead atoms. The second-order valence-electron chi connectivity index (χ2n) is 3.25. The standard InChI is InChI=1S/C11H13Cl2NOS/c1-8(15)14-11(10(12)13)16-7-9-5-3-2-4-6-9/h2-6,10-11H,7H2,1H3,(H,14,15)/t11-/m1/s1. The molecule has 88 valence electrons. The molecule has 0 aliphatic carbocycles. The van der Waals surface area contributed by atoms with Gasteiger partial charge in [0.05, 0.1) is 0 Å². The number of thioether (sulfide) groups is 1. The van der Waals surface area contributed by atoms with E-state index in [4.69, 9.17) is 23.2 Å². The van der Waals surface area contributed by atoms with Gasteiger partial charge in [-0.25, -0.2) is 0 Å². The molecule has 16 heavy (non-hydrogen) atoms. The first-order valence-electron chi connectivity index (χ1n) is 4.80. The smallest absolute Gasteiger partial charge is 0.217 e. The largest absolute Gasteiger partial charge is 0.342 e. The molecule has 1 rings (SSSR count). The maximum Gasteiger partial charge on any atom is 0.217 e. The Morgan fingerprint density at radius 3 is 2.50 bits per heavy atom. The lowest BCUT2D eigenvalue weighted by Gasteiger charge is -2.18. The average molecular weight is 278 g/mol. The van der Waals surface area contributed by atoms with Gasteiger partial charge in [-0.15, -0.1) is 35.0 Å². The summed E-state index contributed by atoms with van der Waals surface area (Å²) in [6.45, 7) is 1.45. The number of hydrogen-bond donors (Lipinski definition) is 1. The van der Waals surface area contributed by atoms with Gasteiger partial charge in [0.2, 0.25) is 5.91 Å². The lowest BCUT2D eigenvalue weighted by atomic mass is 10.2. The molecule has 0 saturated heterocycles. The van der Waals surface area contributed by atoms with Crippen LogP contribution in [-0.4, -0.2) is 16.1 Å². The number of alkyl halides is 2. The Morgan fingerprint density at radius 2 is 2.00 bits per heavy atom. The van der Waals surface area contributed by atoms with E-state index in [-0.39, 0.29) is 11.3 Å². The van der Waals surface area contributed by atoms with Gasteiger partial charge >= 0.3 is 0 Å². The predicted molar refractivity (Wildman–Crippen MR) is 70.8 cm³/mol. The third-order valence-electron chi connectivity index (χ3n) is 1.85. The maximum absolute atomic E-state index is 10.9. The van der Waals surface area contributed by atoms with Crippen molar-refractivity contribution in [1.82, 2.24) is 5.32 Å². The summed E-state index contributed by atoms with van der Waals surface area (Å²) in [4.78, 5) is 10.3. The van der Waals surface area contributed by atoms with Crippen LogP contribution in [0.25, 0.3) is 0 Å². The van der Waals surface area contributed by atoms with Gasteiger partial charge in [0.25, 0.3) is 0 Å². The Labute approximate surface area is 110 Å². The quantitative estimate of drug-likeness (QED) is 0.662. The fraction of sp³-hybridized carbons (Fsp3) is 0.364. The van der Waals surface area contributed by atoms with Crippen LogP contribution >= 0.6 is 35.0 Å². The highest BCUT2D eigenvalue weighted by atomic mass is 35.5. The van der Waals surface area contributed by atoms with Crippen molar-refractivity contribution in [3.05, 3.63) is 35.9 Å².